The fraction of sp³-hybridized carbons (Fsp3) is 0.391. The second-order valence-corrected chi connectivity index (χ2v) is 9.06. The van der Waals surface area contributed by atoms with Gasteiger partial charge >= 0.3 is 5.97 Å². The van der Waals surface area contributed by atoms with Crippen LogP contribution >= 0.6 is 0 Å². The monoisotopic (exact) mass is 444 g/mol. The number of hydrogen-bond donors (Lipinski definition) is 3. The van der Waals surface area contributed by atoms with Crippen molar-refractivity contribution in [3.63, 3.8) is 0 Å². The second kappa shape index (κ2) is 7.65. The summed E-state index contributed by atoms with van der Waals surface area (Å²) in [5, 5.41) is 18.6. The Balaban J connectivity index is 1.45. The van der Waals surface area contributed by atoms with E-state index in [1.807, 2.05) is 25.5 Å². The van der Waals surface area contributed by atoms with E-state index in [1.165, 1.54) is 6.33 Å². The van der Waals surface area contributed by atoms with Crippen molar-refractivity contribution in [2.75, 3.05) is 5.32 Å². The van der Waals surface area contributed by atoms with Gasteiger partial charge in [-0.05, 0) is 37.5 Å². The summed E-state index contributed by atoms with van der Waals surface area (Å²) in [6.07, 6.45) is 12.8. The lowest BCUT2D eigenvalue weighted by Gasteiger charge is -2.47. The van der Waals surface area contributed by atoms with Crippen LogP contribution in [0.15, 0.2) is 37.2 Å². The average Bonchev–Trinajstić information content (AvgIpc) is 3.46. The smallest absolute Gasteiger partial charge is 0.308 e. The van der Waals surface area contributed by atoms with Gasteiger partial charge in [0, 0.05) is 54.3 Å². The fourth-order valence-corrected chi connectivity index (χ4v) is 5.57. The molecule has 10 nitrogen and oxygen atoms in total. The number of rotatable bonds is 5. The molecule has 0 radical (unpaired) electrons. The van der Waals surface area contributed by atoms with E-state index in [0.717, 1.165) is 47.9 Å². The molecular weight excluding hydrogens is 420 g/mol. The summed E-state index contributed by atoms with van der Waals surface area (Å²) in [5.74, 6) is 0.561. The minimum Gasteiger partial charge on any atom is -0.481 e. The summed E-state index contributed by atoms with van der Waals surface area (Å²) in [6, 6.07) is 1.73. The minimum atomic E-state index is -0.725. The molecule has 2 atom stereocenters. The predicted octanol–water partition coefficient (Wildman–Crippen LogP) is 3.12. The molecule has 4 aromatic heterocycles. The first-order valence-corrected chi connectivity index (χ1v) is 11.2. The van der Waals surface area contributed by atoms with Crippen LogP contribution in [0.25, 0.3) is 33.7 Å². The van der Waals surface area contributed by atoms with Crippen LogP contribution in [0.4, 0.5) is 5.82 Å². The molecule has 2 bridgehead atoms. The summed E-state index contributed by atoms with van der Waals surface area (Å²) in [4.78, 5) is 33.3. The van der Waals surface area contributed by atoms with Crippen LogP contribution < -0.4 is 5.32 Å². The molecule has 10 heteroatoms. The van der Waals surface area contributed by atoms with Crippen molar-refractivity contribution >= 4 is 22.8 Å². The molecule has 168 valence electrons. The number of fused-ring (bicyclic) bond motifs is 4. The van der Waals surface area contributed by atoms with E-state index >= 15 is 0 Å². The Hall–Kier alpha value is -3.82. The standard InChI is InChI=1S/C23H24N8O2/c1-31-10-14(7-27-31)17-6-18(29-20-13-4-2-12(3-5-13)19(20)23(32)33)30-22(28-17)16-9-25-21-15(16)8-24-11-26-21/h6-13,19-20H,2-5H2,1H3,(H,32,33)(H,24,25,26)(H,28,29,30). The van der Waals surface area contributed by atoms with Crippen LogP contribution in [0.5, 0.6) is 0 Å². The van der Waals surface area contributed by atoms with E-state index in [9.17, 15) is 9.90 Å². The summed E-state index contributed by atoms with van der Waals surface area (Å²) >= 11 is 0. The number of anilines is 1. The molecule has 2 unspecified atom stereocenters. The molecule has 3 aliphatic carbocycles. The largest absolute Gasteiger partial charge is 0.481 e. The number of aromatic nitrogens is 7. The Bertz CT molecular complexity index is 1340. The highest BCUT2D eigenvalue weighted by atomic mass is 16.4. The Morgan fingerprint density at radius 3 is 2.76 bits per heavy atom. The van der Waals surface area contributed by atoms with Gasteiger partial charge in [0.1, 0.15) is 17.8 Å². The summed E-state index contributed by atoms with van der Waals surface area (Å²) in [6.45, 7) is 0. The molecule has 3 saturated carbocycles. The van der Waals surface area contributed by atoms with Crippen LogP contribution in [0.1, 0.15) is 25.7 Å². The van der Waals surface area contributed by atoms with E-state index in [1.54, 1.807) is 17.1 Å². The average molecular weight is 444 g/mol. The van der Waals surface area contributed by atoms with E-state index in [2.05, 4.69) is 25.4 Å². The number of nitrogens with zero attached hydrogens (tertiary/aromatic N) is 6. The molecule has 3 aliphatic rings. The Morgan fingerprint density at radius 2 is 2.00 bits per heavy atom. The van der Waals surface area contributed by atoms with Crippen LogP contribution in [-0.2, 0) is 11.8 Å². The Morgan fingerprint density at radius 1 is 1.18 bits per heavy atom. The van der Waals surface area contributed by atoms with Crippen molar-refractivity contribution in [1.82, 2.24) is 34.7 Å². The summed E-state index contributed by atoms with van der Waals surface area (Å²) in [5.41, 5.74) is 3.08. The molecule has 33 heavy (non-hydrogen) atoms. The SMILES string of the molecule is Cn1cc(-c2cc(NC3C4CCC(CC4)C3C(=O)O)nc(-c3c[nH]c4ncncc34)n2)cn1. The Labute approximate surface area is 189 Å². The van der Waals surface area contributed by atoms with Crippen molar-refractivity contribution < 1.29 is 9.90 Å². The van der Waals surface area contributed by atoms with Gasteiger partial charge < -0.3 is 15.4 Å². The number of carbonyl (C=O) groups is 1. The van der Waals surface area contributed by atoms with Gasteiger partial charge in [0.25, 0.3) is 0 Å². The first kappa shape index (κ1) is 19.8. The summed E-state index contributed by atoms with van der Waals surface area (Å²) < 4.78 is 1.73. The molecule has 0 aliphatic heterocycles. The number of carboxylic acids is 1. The number of aryl methyl sites for hydroxylation is 1. The first-order valence-electron chi connectivity index (χ1n) is 11.2. The first-order chi connectivity index (χ1) is 16.1. The maximum Gasteiger partial charge on any atom is 0.308 e. The minimum absolute atomic E-state index is 0.147. The van der Waals surface area contributed by atoms with Gasteiger partial charge in [-0.2, -0.15) is 5.10 Å². The van der Waals surface area contributed by atoms with Crippen LogP contribution in [-0.4, -0.2) is 51.8 Å². The third-order valence-electron chi connectivity index (χ3n) is 7.14. The van der Waals surface area contributed by atoms with Crippen molar-refractivity contribution in [3.8, 4) is 22.6 Å². The molecule has 0 amide bonds. The second-order valence-electron chi connectivity index (χ2n) is 9.06. The van der Waals surface area contributed by atoms with Gasteiger partial charge in [0.05, 0.1) is 17.8 Å². The van der Waals surface area contributed by atoms with Gasteiger partial charge in [0.2, 0.25) is 0 Å². The highest BCUT2D eigenvalue weighted by molar-refractivity contribution is 5.91. The molecule has 4 heterocycles. The fourth-order valence-electron chi connectivity index (χ4n) is 5.57. The van der Waals surface area contributed by atoms with Gasteiger partial charge in [-0.15, -0.1) is 0 Å². The third-order valence-corrected chi connectivity index (χ3v) is 7.14. The maximum atomic E-state index is 12.1. The molecule has 3 fully saturated rings. The molecule has 4 aromatic rings. The number of aromatic amines is 1. The lowest BCUT2D eigenvalue weighted by Crippen LogP contribution is -2.51. The predicted molar refractivity (Wildman–Crippen MR) is 121 cm³/mol. The lowest BCUT2D eigenvalue weighted by atomic mass is 9.61. The van der Waals surface area contributed by atoms with Gasteiger partial charge in [-0.3, -0.25) is 9.48 Å². The maximum absolute atomic E-state index is 12.1. The zero-order valence-corrected chi connectivity index (χ0v) is 18.1. The number of carboxylic acid groups (broad SMARTS) is 1. The zero-order valence-electron chi connectivity index (χ0n) is 18.1. The number of nitrogens with one attached hydrogen (secondary N) is 2. The molecule has 0 spiro atoms. The van der Waals surface area contributed by atoms with Crippen LogP contribution in [0, 0.1) is 17.8 Å². The van der Waals surface area contributed by atoms with Crippen LogP contribution in [0.3, 0.4) is 0 Å². The number of hydrogen-bond acceptors (Lipinski definition) is 7. The van der Waals surface area contributed by atoms with Crippen LogP contribution in [0.2, 0.25) is 0 Å². The number of H-pyrrole nitrogens is 1. The normalized spacial score (nSPS) is 24.3. The third kappa shape index (κ3) is 3.42. The summed E-state index contributed by atoms with van der Waals surface area (Å²) in [7, 11) is 1.86. The number of aliphatic carboxylic acids is 1. The Kier molecular flexibility index (Phi) is 4.60. The van der Waals surface area contributed by atoms with Crippen molar-refractivity contribution in [3.05, 3.63) is 37.2 Å². The van der Waals surface area contributed by atoms with Crippen molar-refractivity contribution in [2.45, 2.75) is 31.7 Å². The lowest BCUT2D eigenvalue weighted by molar-refractivity contribution is -0.148. The van der Waals surface area contributed by atoms with E-state index in [-0.39, 0.29) is 12.0 Å². The van der Waals surface area contributed by atoms with Crippen molar-refractivity contribution in [2.24, 2.45) is 24.8 Å². The molecule has 7 rings (SSSR count). The van der Waals surface area contributed by atoms with E-state index in [4.69, 9.17) is 9.97 Å². The van der Waals surface area contributed by atoms with Gasteiger partial charge in [0.15, 0.2) is 5.82 Å². The molecular formula is C23H24N8O2. The quantitative estimate of drug-likeness (QED) is 0.427. The van der Waals surface area contributed by atoms with Gasteiger partial charge in [-0.1, -0.05) is 0 Å². The van der Waals surface area contributed by atoms with Crippen molar-refractivity contribution in [1.29, 1.82) is 0 Å². The highest BCUT2D eigenvalue weighted by Crippen LogP contribution is 2.46. The molecule has 3 N–H and O–H groups in total. The molecule has 0 saturated heterocycles. The highest BCUT2D eigenvalue weighted by Gasteiger charge is 2.47. The topological polar surface area (TPSA) is 134 Å². The zero-order chi connectivity index (χ0) is 22.5. The van der Waals surface area contributed by atoms with E-state index in [0.29, 0.717) is 23.2 Å². The van der Waals surface area contributed by atoms with Gasteiger partial charge in [-0.25, -0.2) is 19.9 Å². The molecule has 0 aromatic carbocycles. The van der Waals surface area contributed by atoms with E-state index < -0.39 is 11.9 Å².